The van der Waals surface area contributed by atoms with Crippen LogP contribution in [0.15, 0.2) is 29.8 Å². The Hall–Kier alpha value is -2.34. The molecular weight excluding hydrogens is 322 g/mol. The van der Waals surface area contributed by atoms with Gasteiger partial charge in [-0.1, -0.05) is 25.1 Å². The molecule has 6 heteroatoms. The number of para-hydroxylation sites is 1. The predicted molar refractivity (Wildman–Crippen MR) is 92.1 cm³/mol. The zero-order valence-corrected chi connectivity index (χ0v) is 14.3. The summed E-state index contributed by atoms with van der Waals surface area (Å²) in [5.74, 6) is -0.0712. The summed E-state index contributed by atoms with van der Waals surface area (Å²) in [5.41, 5.74) is 1.24. The molecule has 1 aromatic carbocycles. The third-order valence-corrected chi connectivity index (χ3v) is 4.33. The molecule has 6 nitrogen and oxygen atoms in total. The SMILES string of the molecule is CC[C@@H](OC(=O)C1=Cc2ccccc2OC1)C(=O)NC[C@@H]1CCCO1. The highest BCUT2D eigenvalue weighted by Crippen LogP contribution is 2.26. The van der Waals surface area contributed by atoms with Gasteiger partial charge in [0.05, 0.1) is 11.7 Å². The van der Waals surface area contributed by atoms with Crippen molar-refractivity contribution >= 4 is 18.0 Å². The average molecular weight is 345 g/mol. The molecule has 0 saturated carbocycles. The highest BCUT2D eigenvalue weighted by molar-refractivity contribution is 5.96. The van der Waals surface area contributed by atoms with E-state index >= 15 is 0 Å². The Morgan fingerprint density at radius 1 is 1.36 bits per heavy atom. The zero-order valence-electron chi connectivity index (χ0n) is 14.3. The Morgan fingerprint density at radius 3 is 2.96 bits per heavy atom. The third-order valence-electron chi connectivity index (χ3n) is 4.33. The standard InChI is InChI=1S/C19H23NO5/c1-2-16(18(21)20-11-15-7-5-9-23-15)25-19(22)14-10-13-6-3-4-8-17(13)24-12-14/h3-4,6,8,10,15-16H,2,5,7,9,11-12H2,1H3,(H,20,21)/t15-,16+/m0/s1. The van der Waals surface area contributed by atoms with Crippen LogP contribution in [0.5, 0.6) is 5.75 Å². The van der Waals surface area contributed by atoms with E-state index in [0.29, 0.717) is 18.5 Å². The van der Waals surface area contributed by atoms with E-state index in [2.05, 4.69) is 5.32 Å². The molecular formula is C19H23NO5. The number of nitrogens with one attached hydrogen (secondary N) is 1. The number of esters is 1. The molecule has 1 saturated heterocycles. The second kappa shape index (κ2) is 8.16. The maximum Gasteiger partial charge on any atom is 0.338 e. The molecule has 1 amide bonds. The van der Waals surface area contributed by atoms with Crippen LogP contribution in [0.2, 0.25) is 0 Å². The molecule has 0 aromatic heterocycles. The first-order valence-corrected chi connectivity index (χ1v) is 8.70. The fraction of sp³-hybridized carbons (Fsp3) is 0.474. The Morgan fingerprint density at radius 2 is 2.20 bits per heavy atom. The molecule has 0 bridgehead atoms. The molecule has 2 aliphatic rings. The Bertz CT molecular complexity index is 664. The van der Waals surface area contributed by atoms with Crippen molar-refractivity contribution in [2.75, 3.05) is 19.8 Å². The van der Waals surface area contributed by atoms with Gasteiger partial charge in [-0.15, -0.1) is 0 Å². The molecule has 1 N–H and O–H groups in total. The van der Waals surface area contributed by atoms with Crippen LogP contribution in [0.25, 0.3) is 6.08 Å². The molecule has 2 atom stereocenters. The van der Waals surface area contributed by atoms with Crippen LogP contribution in [0.3, 0.4) is 0 Å². The lowest BCUT2D eigenvalue weighted by molar-refractivity contribution is -0.152. The Kier molecular flexibility index (Phi) is 5.71. The van der Waals surface area contributed by atoms with Gasteiger partial charge in [0, 0.05) is 18.7 Å². The van der Waals surface area contributed by atoms with Gasteiger partial charge in [-0.3, -0.25) is 4.79 Å². The number of amides is 1. The lowest BCUT2D eigenvalue weighted by atomic mass is 10.1. The molecule has 3 rings (SSSR count). The number of benzene rings is 1. The lowest BCUT2D eigenvalue weighted by Gasteiger charge is -2.20. The van der Waals surface area contributed by atoms with Gasteiger partial charge in [0.2, 0.25) is 0 Å². The number of hydrogen-bond donors (Lipinski definition) is 1. The number of hydrogen-bond acceptors (Lipinski definition) is 5. The number of ether oxygens (including phenoxy) is 3. The van der Waals surface area contributed by atoms with Crippen LogP contribution < -0.4 is 10.1 Å². The minimum atomic E-state index is -0.813. The van der Waals surface area contributed by atoms with Crippen molar-refractivity contribution in [2.24, 2.45) is 0 Å². The summed E-state index contributed by atoms with van der Waals surface area (Å²) in [7, 11) is 0. The van der Waals surface area contributed by atoms with Gasteiger partial charge in [0.1, 0.15) is 12.4 Å². The topological polar surface area (TPSA) is 73.9 Å². The summed E-state index contributed by atoms with van der Waals surface area (Å²) in [6.07, 6.45) is 3.37. The third kappa shape index (κ3) is 4.39. The molecule has 1 fully saturated rings. The van der Waals surface area contributed by atoms with Crippen LogP contribution in [0.4, 0.5) is 0 Å². The van der Waals surface area contributed by atoms with Crippen molar-refractivity contribution in [3.8, 4) is 5.75 Å². The lowest BCUT2D eigenvalue weighted by Crippen LogP contribution is -2.41. The first-order chi connectivity index (χ1) is 12.2. The van der Waals surface area contributed by atoms with E-state index in [1.165, 1.54) is 0 Å². The highest BCUT2D eigenvalue weighted by atomic mass is 16.6. The molecule has 2 heterocycles. The largest absolute Gasteiger partial charge is 0.488 e. The highest BCUT2D eigenvalue weighted by Gasteiger charge is 2.26. The van der Waals surface area contributed by atoms with Crippen molar-refractivity contribution in [2.45, 2.75) is 38.4 Å². The summed E-state index contributed by atoms with van der Waals surface area (Å²) < 4.78 is 16.4. The van der Waals surface area contributed by atoms with E-state index in [1.54, 1.807) is 6.08 Å². The maximum absolute atomic E-state index is 12.4. The smallest absolute Gasteiger partial charge is 0.338 e. The normalized spacial score (nSPS) is 20.0. The van der Waals surface area contributed by atoms with Crippen molar-refractivity contribution < 1.29 is 23.8 Å². The Labute approximate surface area is 147 Å². The predicted octanol–water partition coefficient (Wildman–Crippen LogP) is 2.08. The van der Waals surface area contributed by atoms with E-state index in [9.17, 15) is 9.59 Å². The fourth-order valence-electron chi connectivity index (χ4n) is 2.89. The molecule has 0 radical (unpaired) electrons. The van der Waals surface area contributed by atoms with Crippen LogP contribution in [-0.2, 0) is 19.1 Å². The van der Waals surface area contributed by atoms with Crippen molar-refractivity contribution in [3.05, 3.63) is 35.4 Å². The van der Waals surface area contributed by atoms with Gasteiger partial charge < -0.3 is 19.5 Å². The van der Waals surface area contributed by atoms with Crippen molar-refractivity contribution in [3.63, 3.8) is 0 Å². The number of fused-ring (bicyclic) bond motifs is 1. The minimum Gasteiger partial charge on any atom is -0.488 e. The quantitative estimate of drug-likeness (QED) is 0.799. The van der Waals surface area contributed by atoms with Crippen molar-refractivity contribution in [1.82, 2.24) is 5.32 Å². The summed E-state index contributed by atoms with van der Waals surface area (Å²) in [6.45, 7) is 3.14. The average Bonchev–Trinajstić information content (AvgIpc) is 3.17. The molecule has 1 aromatic rings. The van der Waals surface area contributed by atoms with Crippen LogP contribution in [0, 0.1) is 0 Å². The van der Waals surface area contributed by atoms with Gasteiger partial charge in [-0.2, -0.15) is 0 Å². The molecule has 0 aliphatic carbocycles. The fourth-order valence-corrected chi connectivity index (χ4v) is 2.89. The summed E-state index contributed by atoms with van der Waals surface area (Å²) in [6, 6.07) is 7.47. The van der Waals surface area contributed by atoms with E-state index in [0.717, 1.165) is 30.8 Å². The first kappa shape index (κ1) is 17.5. The second-order valence-electron chi connectivity index (χ2n) is 6.18. The first-order valence-electron chi connectivity index (χ1n) is 8.70. The van der Waals surface area contributed by atoms with Gasteiger partial charge in [-0.05, 0) is 31.4 Å². The van der Waals surface area contributed by atoms with E-state index in [4.69, 9.17) is 14.2 Å². The van der Waals surface area contributed by atoms with Gasteiger partial charge in [-0.25, -0.2) is 4.79 Å². The van der Waals surface area contributed by atoms with Crippen LogP contribution in [0.1, 0.15) is 31.7 Å². The summed E-state index contributed by atoms with van der Waals surface area (Å²) in [5, 5.41) is 2.81. The number of carbonyl (C=O) groups is 2. The molecule has 0 spiro atoms. The molecule has 25 heavy (non-hydrogen) atoms. The van der Waals surface area contributed by atoms with Gasteiger partial charge in [0.15, 0.2) is 6.10 Å². The number of carbonyl (C=O) groups excluding carboxylic acids is 2. The van der Waals surface area contributed by atoms with Crippen LogP contribution >= 0.6 is 0 Å². The molecule has 134 valence electrons. The zero-order chi connectivity index (χ0) is 17.6. The second-order valence-corrected chi connectivity index (χ2v) is 6.18. The Balaban J connectivity index is 1.56. The van der Waals surface area contributed by atoms with Crippen LogP contribution in [-0.4, -0.2) is 43.8 Å². The number of rotatable bonds is 6. The summed E-state index contributed by atoms with van der Waals surface area (Å²) in [4.78, 5) is 24.6. The van der Waals surface area contributed by atoms with E-state index < -0.39 is 12.1 Å². The van der Waals surface area contributed by atoms with Gasteiger partial charge >= 0.3 is 5.97 Å². The summed E-state index contributed by atoms with van der Waals surface area (Å²) >= 11 is 0. The van der Waals surface area contributed by atoms with Gasteiger partial charge in [0.25, 0.3) is 5.91 Å². The van der Waals surface area contributed by atoms with E-state index in [-0.39, 0.29) is 18.6 Å². The molecule has 0 unspecified atom stereocenters. The molecule has 2 aliphatic heterocycles. The van der Waals surface area contributed by atoms with Crippen molar-refractivity contribution in [1.29, 1.82) is 0 Å². The van der Waals surface area contributed by atoms with E-state index in [1.807, 2.05) is 31.2 Å². The maximum atomic E-state index is 12.4. The monoisotopic (exact) mass is 345 g/mol. The minimum absolute atomic E-state index is 0.0584.